The van der Waals surface area contributed by atoms with Crippen LogP contribution in [0.3, 0.4) is 0 Å². The number of thiophene rings is 1. The first-order chi connectivity index (χ1) is 9.16. The Hall–Kier alpha value is -2.08. The molecule has 0 N–H and O–H groups in total. The van der Waals surface area contributed by atoms with E-state index in [0.29, 0.717) is 10.2 Å². The van der Waals surface area contributed by atoms with E-state index in [2.05, 4.69) is 4.98 Å². The summed E-state index contributed by atoms with van der Waals surface area (Å²) in [4.78, 5) is 16.2. The summed E-state index contributed by atoms with van der Waals surface area (Å²) in [5, 5.41) is 1.76. The zero-order valence-electron chi connectivity index (χ0n) is 9.64. The van der Waals surface area contributed by atoms with Crippen molar-refractivity contribution < 1.29 is 8.78 Å². The minimum atomic E-state index is -0.668. The molecule has 6 heteroatoms. The molecule has 96 valence electrons. The van der Waals surface area contributed by atoms with Crippen molar-refractivity contribution >= 4 is 21.6 Å². The highest BCUT2D eigenvalue weighted by molar-refractivity contribution is 7.17. The van der Waals surface area contributed by atoms with Crippen molar-refractivity contribution in [3.8, 4) is 0 Å². The molecule has 3 aromatic rings. The van der Waals surface area contributed by atoms with Crippen LogP contribution in [-0.2, 0) is 6.54 Å². The van der Waals surface area contributed by atoms with Crippen molar-refractivity contribution in [2.24, 2.45) is 0 Å². The lowest BCUT2D eigenvalue weighted by Crippen LogP contribution is -2.21. The van der Waals surface area contributed by atoms with E-state index in [4.69, 9.17) is 0 Å². The molecule has 0 saturated heterocycles. The molecule has 0 atom stereocenters. The van der Waals surface area contributed by atoms with E-state index in [1.165, 1.54) is 40.4 Å². The fraction of sp³-hybridized carbons (Fsp3) is 0.0769. The van der Waals surface area contributed by atoms with Crippen LogP contribution in [0.4, 0.5) is 8.78 Å². The van der Waals surface area contributed by atoms with Crippen LogP contribution in [0.2, 0.25) is 0 Å². The van der Waals surface area contributed by atoms with Gasteiger partial charge in [-0.25, -0.2) is 13.8 Å². The van der Waals surface area contributed by atoms with Gasteiger partial charge >= 0.3 is 0 Å². The lowest BCUT2D eigenvalue weighted by atomic mass is 10.2. The predicted octanol–water partition coefficient (Wildman–Crippen LogP) is 2.78. The molecule has 0 aliphatic rings. The summed E-state index contributed by atoms with van der Waals surface area (Å²) >= 11 is 1.26. The minimum absolute atomic E-state index is 0.137. The second kappa shape index (κ2) is 4.55. The summed E-state index contributed by atoms with van der Waals surface area (Å²) in [6.07, 6.45) is 1.31. The molecule has 3 rings (SSSR count). The second-order valence-electron chi connectivity index (χ2n) is 4.01. The third-order valence-corrected chi connectivity index (χ3v) is 3.72. The minimum Gasteiger partial charge on any atom is -0.293 e. The van der Waals surface area contributed by atoms with Gasteiger partial charge in [0.1, 0.15) is 16.3 Å². The molecule has 0 saturated carbocycles. The fourth-order valence-electron chi connectivity index (χ4n) is 1.85. The molecular weight excluding hydrogens is 270 g/mol. The molecule has 2 aromatic heterocycles. The maximum Gasteiger partial charge on any atom is 0.271 e. The first-order valence-electron chi connectivity index (χ1n) is 5.52. The SMILES string of the molecule is O=c1c2sccc2ncn1Cc1c(F)cccc1F. The average molecular weight is 278 g/mol. The Bertz CT molecular complexity index is 790. The van der Waals surface area contributed by atoms with Crippen molar-refractivity contribution in [1.29, 1.82) is 0 Å². The summed E-state index contributed by atoms with van der Waals surface area (Å²) in [6.45, 7) is -0.168. The number of rotatable bonds is 2. The Kier molecular flexibility index (Phi) is 2.87. The van der Waals surface area contributed by atoms with Crippen molar-refractivity contribution in [3.63, 3.8) is 0 Å². The van der Waals surface area contributed by atoms with E-state index in [1.807, 2.05) is 0 Å². The molecule has 0 aliphatic carbocycles. The van der Waals surface area contributed by atoms with Gasteiger partial charge in [0.2, 0.25) is 0 Å². The lowest BCUT2D eigenvalue weighted by molar-refractivity contribution is 0.541. The zero-order chi connectivity index (χ0) is 13.4. The topological polar surface area (TPSA) is 34.9 Å². The van der Waals surface area contributed by atoms with E-state index in [-0.39, 0.29) is 17.7 Å². The van der Waals surface area contributed by atoms with Gasteiger partial charge in [-0.3, -0.25) is 9.36 Å². The molecule has 0 fully saturated rings. The van der Waals surface area contributed by atoms with Gasteiger partial charge < -0.3 is 0 Å². The zero-order valence-corrected chi connectivity index (χ0v) is 10.5. The van der Waals surface area contributed by atoms with Crippen molar-refractivity contribution in [1.82, 2.24) is 9.55 Å². The van der Waals surface area contributed by atoms with Crippen LogP contribution in [0.25, 0.3) is 10.2 Å². The van der Waals surface area contributed by atoms with Gasteiger partial charge in [-0.05, 0) is 23.6 Å². The Morgan fingerprint density at radius 3 is 2.68 bits per heavy atom. The Morgan fingerprint density at radius 2 is 1.95 bits per heavy atom. The molecule has 0 bridgehead atoms. The average Bonchev–Trinajstić information content (AvgIpc) is 2.85. The largest absolute Gasteiger partial charge is 0.293 e. The Balaban J connectivity index is 2.11. The summed E-state index contributed by atoms with van der Waals surface area (Å²) in [5.41, 5.74) is 0.171. The Labute approximate surface area is 110 Å². The molecule has 19 heavy (non-hydrogen) atoms. The quantitative estimate of drug-likeness (QED) is 0.722. The second-order valence-corrected chi connectivity index (χ2v) is 4.93. The molecule has 0 radical (unpaired) electrons. The van der Waals surface area contributed by atoms with E-state index in [1.54, 1.807) is 11.4 Å². The molecule has 0 unspecified atom stereocenters. The summed E-state index contributed by atoms with van der Waals surface area (Å²) in [7, 11) is 0. The number of aromatic nitrogens is 2. The van der Waals surface area contributed by atoms with Crippen LogP contribution < -0.4 is 5.56 Å². The van der Waals surface area contributed by atoms with Crippen LogP contribution in [0.5, 0.6) is 0 Å². The number of hydrogen-bond acceptors (Lipinski definition) is 3. The molecule has 2 heterocycles. The number of hydrogen-bond donors (Lipinski definition) is 0. The number of fused-ring (bicyclic) bond motifs is 1. The van der Waals surface area contributed by atoms with Crippen molar-refractivity contribution in [3.05, 3.63) is 63.5 Å². The molecule has 0 aliphatic heterocycles. The molecular formula is C13H8F2N2OS. The fourth-order valence-corrected chi connectivity index (χ4v) is 2.64. The standard InChI is InChI=1S/C13H8F2N2OS/c14-9-2-1-3-10(15)8(9)6-17-7-16-11-4-5-19-12(11)13(17)18/h1-5,7H,6H2. The van der Waals surface area contributed by atoms with Crippen molar-refractivity contribution in [2.75, 3.05) is 0 Å². The van der Waals surface area contributed by atoms with Crippen LogP contribution in [0, 0.1) is 11.6 Å². The summed E-state index contributed by atoms with van der Waals surface area (Å²) in [5.74, 6) is -1.34. The van der Waals surface area contributed by atoms with Crippen molar-refractivity contribution in [2.45, 2.75) is 6.54 Å². The molecule has 0 amide bonds. The van der Waals surface area contributed by atoms with E-state index in [0.717, 1.165) is 0 Å². The van der Waals surface area contributed by atoms with Gasteiger partial charge in [-0.1, -0.05) is 6.07 Å². The number of halogens is 2. The highest BCUT2D eigenvalue weighted by Gasteiger charge is 2.11. The van der Waals surface area contributed by atoms with Gasteiger partial charge in [0.15, 0.2) is 0 Å². The monoisotopic (exact) mass is 278 g/mol. The van der Waals surface area contributed by atoms with Crippen LogP contribution in [-0.4, -0.2) is 9.55 Å². The van der Waals surface area contributed by atoms with Gasteiger partial charge in [0, 0.05) is 5.56 Å². The smallest absolute Gasteiger partial charge is 0.271 e. The molecule has 0 spiro atoms. The van der Waals surface area contributed by atoms with Crippen LogP contribution >= 0.6 is 11.3 Å². The Morgan fingerprint density at radius 1 is 1.21 bits per heavy atom. The van der Waals surface area contributed by atoms with Gasteiger partial charge in [0.25, 0.3) is 5.56 Å². The first-order valence-corrected chi connectivity index (χ1v) is 6.40. The van der Waals surface area contributed by atoms with E-state index < -0.39 is 11.6 Å². The third-order valence-electron chi connectivity index (χ3n) is 2.83. The highest BCUT2D eigenvalue weighted by Crippen LogP contribution is 2.16. The van der Waals surface area contributed by atoms with Crippen LogP contribution in [0.15, 0.2) is 40.8 Å². The third kappa shape index (κ3) is 2.04. The molecule has 3 nitrogen and oxygen atoms in total. The normalized spacial score (nSPS) is 11.1. The summed E-state index contributed by atoms with van der Waals surface area (Å²) < 4.78 is 28.8. The van der Waals surface area contributed by atoms with Gasteiger partial charge in [-0.15, -0.1) is 11.3 Å². The highest BCUT2D eigenvalue weighted by atomic mass is 32.1. The van der Waals surface area contributed by atoms with E-state index >= 15 is 0 Å². The lowest BCUT2D eigenvalue weighted by Gasteiger charge is -2.07. The van der Waals surface area contributed by atoms with Gasteiger partial charge in [0.05, 0.1) is 18.4 Å². The maximum absolute atomic E-state index is 13.5. The number of nitrogens with zero attached hydrogens (tertiary/aromatic N) is 2. The first kappa shape index (κ1) is 12.0. The van der Waals surface area contributed by atoms with Crippen LogP contribution in [0.1, 0.15) is 5.56 Å². The van der Waals surface area contributed by atoms with E-state index in [9.17, 15) is 13.6 Å². The van der Waals surface area contributed by atoms with Gasteiger partial charge in [-0.2, -0.15) is 0 Å². The predicted molar refractivity (Wildman–Crippen MR) is 69.3 cm³/mol. The maximum atomic E-state index is 13.5. The summed E-state index contributed by atoms with van der Waals surface area (Å²) in [6, 6.07) is 5.36. The molecule has 1 aromatic carbocycles. The number of benzene rings is 1.